The number of nitriles is 1. The van der Waals surface area contributed by atoms with E-state index >= 15 is 0 Å². The Labute approximate surface area is 231 Å². The summed E-state index contributed by atoms with van der Waals surface area (Å²) in [5, 5.41) is 9.91. The van der Waals surface area contributed by atoms with Crippen molar-refractivity contribution in [1.82, 2.24) is 14.8 Å². The molecule has 0 N–H and O–H groups in total. The standard InChI is InChI=1S/C28H29F3N4O4S/c1-27(2,19-35-15-13-34(3)14-16-35)25-17-23(24(18-32)26(33-25)39-40(36,37)28(29,30)31)20-9-11-22(12-10-20)38-21-7-5-4-6-8-21/h4-12,17H,13-16,19H2,1-3H3. The third-order valence-electron chi connectivity index (χ3n) is 6.62. The third kappa shape index (κ3) is 6.72. The van der Waals surface area contributed by atoms with Crippen LogP contribution in [-0.4, -0.2) is 68.5 Å². The fourth-order valence-corrected chi connectivity index (χ4v) is 4.81. The lowest BCUT2D eigenvalue weighted by atomic mass is 9.85. The zero-order valence-corrected chi connectivity index (χ0v) is 23.1. The molecule has 0 radical (unpaired) electrons. The highest BCUT2D eigenvalue weighted by atomic mass is 32.2. The molecule has 1 saturated heterocycles. The van der Waals surface area contributed by atoms with Gasteiger partial charge in [-0.15, -0.1) is 0 Å². The van der Waals surface area contributed by atoms with Crippen molar-refractivity contribution < 1.29 is 30.5 Å². The van der Waals surface area contributed by atoms with Gasteiger partial charge < -0.3 is 13.8 Å². The zero-order chi connectivity index (χ0) is 29.1. The Morgan fingerprint density at radius 3 is 2.15 bits per heavy atom. The molecule has 2 aromatic carbocycles. The highest BCUT2D eigenvalue weighted by Gasteiger charge is 2.49. The van der Waals surface area contributed by atoms with Gasteiger partial charge in [0.15, 0.2) is 0 Å². The van der Waals surface area contributed by atoms with Gasteiger partial charge in [0.2, 0.25) is 0 Å². The quantitative estimate of drug-likeness (QED) is 0.269. The van der Waals surface area contributed by atoms with E-state index in [4.69, 9.17) is 4.74 Å². The van der Waals surface area contributed by atoms with E-state index in [1.54, 1.807) is 48.5 Å². The van der Waals surface area contributed by atoms with Crippen LogP contribution in [0.1, 0.15) is 25.1 Å². The maximum Gasteiger partial charge on any atom is 0.534 e. The largest absolute Gasteiger partial charge is 0.534 e. The normalized spacial score (nSPS) is 15.4. The molecule has 0 unspecified atom stereocenters. The van der Waals surface area contributed by atoms with E-state index in [2.05, 4.69) is 19.0 Å². The van der Waals surface area contributed by atoms with Gasteiger partial charge in [0, 0.05) is 43.7 Å². The second-order valence-corrected chi connectivity index (χ2v) is 11.8. The van der Waals surface area contributed by atoms with E-state index in [1.165, 1.54) is 0 Å². The maximum atomic E-state index is 13.2. The summed E-state index contributed by atoms with van der Waals surface area (Å²) >= 11 is 0. The van der Waals surface area contributed by atoms with Gasteiger partial charge in [-0.3, -0.25) is 4.90 Å². The number of halogens is 3. The zero-order valence-electron chi connectivity index (χ0n) is 22.3. The van der Waals surface area contributed by atoms with Crippen molar-refractivity contribution in [3.63, 3.8) is 0 Å². The minimum absolute atomic E-state index is 0.192. The van der Waals surface area contributed by atoms with E-state index in [9.17, 15) is 26.9 Å². The molecular weight excluding hydrogens is 545 g/mol. The van der Waals surface area contributed by atoms with Gasteiger partial charge in [-0.25, -0.2) is 4.98 Å². The minimum atomic E-state index is -6.07. The average Bonchev–Trinajstić information content (AvgIpc) is 2.89. The van der Waals surface area contributed by atoms with Crippen LogP contribution in [0, 0.1) is 11.3 Å². The molecule has 212 valence electrons. The molecule has 3 aromatic rings. The molecule has 1 aliphatic heterocycles. The van der Waals surface area contributed by atoms with Gasteiger partial charge in [-0.1, -0.05) is 44.2 Å². The van der Waals surface area contributed by atoms with Crippen LogP contribution in [-0.2, 0) is 15.5 Å². The first-order valence-electron chi connectivity index (χ1n) is 12.5. The summed E-state index contributed by atoms with van der Waals surface area (Å²) in [7, 11) is -4.04. The monoisotopic (exact) mass is 574 g/mol. The Balaban J connectivity index is 1.76. The topological polar surface area (TPSA) is 95.8 Å². The molecule has 2 heterocycles. The molecule has 40 heavy (non-hydrogen) atoms. The Morgan fingerprint density at radius 1 is 0.975 bits per heavy atom. The first-order valence-corrected chi connectivity index (χ1v) is 13.9. The molecular formula is C28H29F3N4O4S. The lowest BCUT2D eigenvalue weighted by molar-refractivity contribution is -0.0501. The molecule has 1 fully saturated rings. The number of hydrogen-bond acceptors (Lipinski definition) is 8. The number of hydrogen-bond donors (Lipinski definition) is 0. The van der Waals surface area contributed by atoms with Crippen molar-refractivity contribution in [2.45, 2.75) is 24.8 Å². The van der Waals surface area contributed by atoms with Gasteiger partial charge in [0.25, 0.3) is 5.88 Å². The lowest BCUT2D eigenvalue weighted by Crippen LogP contribution is -2.48. The lowest BCUT2D eigenvalue weighted by Gasteiger charge is -2.37. The van der Waals surface area contributed by atoms with Crippen LogP contribution in [0.3, 0.4) is 0 Å². The molecule has 8 nitrogen and oxygen atoms in total. The summed E-state index contributed by atoms with van der Waals surface area (Å²) in [6.07, 6.45) is 0. The van der Waals surface area contributed by atoms with Gasteiger partial charge >= 0.3 is 15.6 Å². The number of alkyl halides is 3. The van der Waals surface area contributed by atoms with Crippen LogP contribution < -0.4 is 8.92 Å². The van der Waals surface area contributed by atoms with Crippen LogP contribution in [0.25, 0.3) is 11.1 Å². The van der Waals surface area contributed by atoms with Crippen LogP contribution >= 0.6 is 0 Å². The highest BCUT2D eigenvalue weighted by Crippen LogP contribution is 2.37. The van der Waals surface area contributed by atoms with E-state index in [-0.39, 0.29) is 11.3 Å². The summed E-state index contributed by atoms with van der Waals surface area (Å²) in [6.45, 7) is 7.53. The Morgan fingerprint density at radius 2 is 1.57 bits per heavy atom. The molecule has 1 aliphatic rings. The molecule has 0 aliphatic carbocycles. The van der Waals surface area contributed by atoms with Crippen LogP contribution in [0.2, 0.25) is 0 Å². The van der Waals surface area contributed by atoms with E-state index in [0.717, 1.165) is 26.2 Å². The fourth-order valence-electron chi connectivity index (χ4n) is 4.39. The molecule has 1 aromatic heterocycles. The number of nitrogens with zero attached hydrogens (tertiary/aromatic N) is 4. The molecule has 0 amide bonds. The third-order valence-corrected chi connectivity index (χ3v) is 7.57. The summed E-state index contributed by atoms with van der Waals surface area (Å²) < 4.78 is 73.8. The van der Waals surface area contributed by atoms with E-state index < -0.39 is 32.5 Å². The highest BCUT2D eigenvalue weighted by molar-refractivity contribution is 7.88. The molecule has 12 heteroatoms. The smallest absolute Gasteiger partial charge is 0.457 e. The number of pyridine rings is 1. The molecule has 0 saturated carbocycles. The van der Waals surface area contributed by atoms with Gasteiger partial charge in [-0.05, 0) is 42.9 Å². The number of aromatic nitrogens is 1. The van der Waals surface area contributed by atoms with Gasteiger partial charge in [0.05, 0.1) is 5.69 Å². The SMILES string of the molecule is CN1CCN(CC(C)(C)c2cc(-c3ccc(Oc4ccccc4)cc3)c(C#N)c(OS(=O)(=O)C(F)(F)F)n2)CC1. The number of benzene rings is 2. The van der Waals surface area contributed by atoms with Crippen molar-refractivity contribution in [2.24, 2.45) is 0 Å². The number of ether oxygens (including phenoxy) is 1. The fraction of sp³-hybridized carbons (Fsp3) is 0.357. The maximum absolute atomic E-state index is 13.2. The predicted octanol–water partition coefficient (Wildman–Crippen LogP) is 5.17. The van der Waals surface area contributed by atoms with Crippen LogP contribution in [0.5, 0.6) is 17.4 Å². The summed E-state index contributed by atoms with van der Waals surface area (Å²) in [5.41, 5.74) is -5.91. The Kier molecular flexibility index (Phi) is 8.39. The van der Waals surface area contributed by atoms with Gasteiger partial charge in [0.1, 0.15) is 23.1 Å². The van der Waals surface area contributed by atoms with Crippen molar-refractivity contribution in [3.8, 4) is 34.6 Å². The molecule has 0 atom stereocenters. The van der Waals surface area contributed by atoms with Crippen LogP contribution in [0.4, 0.5) is 13.2 Å². The second kappa shape index (κ2) is 11.4. The average molecular weight is 575 g/mol. The Bertz CT molecular complexity index is 1480. The predicted molar refractivity (Wildman–Crippen MR) is 143 cm³/mol. The first-order chi connectivity index (χ1) is 18.8. The summed E-state index contributed by atoms with van der Waals surface area (Å²) in [5.74, 6) is 0.190. The molecule has 0 spiro atoms. The van der Waals surface area contributed by atoms with E-state index in [0.29, 0.717) is 23.6 Å². The first kappa shape index (κ1) is 29.3. The molecule has 0 bridgehead atoms. The number of piperazine rings is 1. The van der Waals surface area contributed by atoms with E-state index in [1.807, 2.05) is 39.1 Å². The summed E-state index contributed by atoms with van der Waals surface area (Å²) in [4.78, 5) is 8.57. The van der Waals surface area contributed by atoms with Crippen molar-refractivity contribution in [2.75, 3.05) is 39.8 Å². The molecule has 4 rings (SSSR count). The Hall–Kier alpha value is -3.66. The van der Waals surface area contributed by atoms with Crippen LogP contribution in [0.15, 0.2) is 60.7 Å². The van der Waals surface area contributed by atoms with Gasteiger partial charge in [-0.2, -0.15) is 26.9 Å². The number of rotatable bonds is 8. The van der Waals surface area contributed by atoms with Crippen molar-refractivity contribution in [3.05, 3.63) is 71.9 Å². The number of likely N-dealkylation sites (N-methyl/N-ethyl adjacent to an activating group) is 1. The van der Waals surface area contributed by atoms with Crippen molar-refractivity contribution >= 4 is 10.1 Å². The summed E-state index contributed by atoms with van der Waals surface area (Å²) in [6, 6.07) is 19.0. The number of para-hydroxylation sites is 1. The second-order valence-electron chi connectivity index (χ2n) is 10.2. The minimum Gasteiger partial charge on any atom is -0.457 e. The van der Waals surface area contributed by atoms with Crippen molar-refractivity contribution in [1.29, 1.82) is 5.26 Å².